The van der Waals surface area contributed by atoms with Gasteiger partial charge in [0.1, 0.15) is 18.1 Å². The van der Waals surface area contributed by atoms with E-state index in [1.807, 2.05) is 62.4 Å². The number of aromatic amines is 2. The summed E-state index contributed by atoms with van der Waals surface area (Å²) < 4.78 is 0. The number of carboxylic acids is 2. The zero-order chi connectivity index (χ0) is 32.7. The van der Waals surface area contributed by atoms with Gasteiger partial charge in [-0.15, -0.1) is 0 Å². The minimum atomic E-state index is -1.69. The number of carbonyl (C=O) groups is 5. The number of aliphatic carboxylic acids is 2. The van der Waals surface area contributed by atoms with Crippen molar-refractivity contribution in [2.24, 2.45) is 11.7 Å². The predicted octanol–water partition coefficient (Wildman–Crippen LogP) is 1.82. The Hall–Kier alpha value is -5.17. The number of nitrogens with two attached hydrogens (primary N) is 1. The Kier molecular flexibility index (Phi) is 10.6. The quantitative estimate of drug-likeness (QED) is 0.0980. The van der Waals surface area contributed by atoms with Crippen LogP contribution in [0, 0.1) is 5.92 Å². The van der Waals surface area contributed by atoms with E-state index in [2.05, 4.69) is 25.9 Å². The van der Waals surface area contributed by atoms with Crippen molar-refractivity contribution >= 4 is 51.5 Å². The van der Waals surface area contributed by atoms with Crippen LogP contribution in [0.2, 0.25) is 0 Å². The largest absolute Gasteiger partial charge is 0.481 e. The maximum absolute atomic E-state index is 13.8. The van der Waals surface area contributed by atoms with Gasteiger partial charge < -0.3 is 41.9 Å². The molecule has 0 saturated heterocycles. The summed E-state index contributed by atoms with van der Waals surface area (Å²) in [4.78, 5) is 69.3. The van der Waals surface area contributed by atoms with Crippen LogP contribution in [0.4, 0.5) is 0 Å². The van der Waals surface area contributed by atoms with Crippen LogP contribution in [0.5, 0.6) is 0 Å². The maximum Gasteiger partial charge on any atom is 0.326 e. The van der Waals surface area contributed by atoms with Gasteiger partial charge in [-0.05, 0) is 42.0 Å². The first-order valence-corrected chi connectivity index (χ1v) is 14.6. The van der Waals surface area contributed by atoms with Crippen LogP contribution in [0.1, 0.15) is 37.8 Å². The summed E-state index contributed by atoms with van der Waals surface area (Å²) in [6.07, 6.45) is 3.09. The smallest absolute Gasteiger partial charge is 0.326 e. The van der Waals surface area contributed by atoms with Crippen LogP contribution in [-0.4, -0.2) is 74.0 Å². The normalized spacial score (nSPS) is 14.0. The third-order valence-electron chi connectivity index (χ3n) is 7.52. The van der Waals surface area contributed by atoms with Crippen molar-refractivity contribution in [2.45, 2.75) is 63.7 Å². The second-order valence-corrected chi connectivity index (χ2v) is 11.5. The summed E-state index contributed by atoms with van der Waals surface area (Å²) in [5, 5.41) is 27.9. The van der Waals surface area contributed by atoms with Crippen molar-refractivity contribution in [1.29, 1.82) is 0 Å². The minimum Gasteiger partial charge on any atom is -0.481 e. The Morgan fingerprint density at radius 3 is 1.73 bits per heavy atom. The minimum absolute atomic E-state index is 0.0637. The third-order valence-corrected chi connectivity index (χ3v) is 7.52. The average Bonchev–Trinajstić information content (AvgIpc) is 3.59. The Morgan fingerprint density at radius 1 is 0.711 bits per heavy atom. The van der Waals surface area contributed by atoms with Crippen molar-refractivity contribution in [2.75, 3.05) is 0 Å². The van der Waals surface area contributed by atoms with Gasteiger partial charge in [-0.3, -0.25) is 19.2 Å². The van der Waals surface area contributed by atoms with Gasteiger partial charge in [0, 0.05) is 40.6 Å². The topological polar surface area (TPSA) is 219 Å². The molecular formula is C32H38N6O7. The van der Waals surface area contributed by atoms with E-state index in [1.54, 1.807) is 12.4 Å². The highest BCUT2D eigenvalue weighted by molar-refractivity contribution is 5.95. The van der Waals surface area contributed by atoms with Crippen molar-refractivity contribution in [1.82, 2.24) is 25.9 Å². The number of H-pyrrole nitrogens is 2. The number of hydrogen-bond acceptors (Lipinski definition) is 6. The molecule has 2 aromatic heterocycles. The lowest BCUT2D eigenvalue weighted by Crippen LogP contribution is -2.58. The fourth-order valence-electron chi connectivity index (χ4n) is 5.26. The molecule has 45 heavy (non-hydrogen) atoms. The molecular weight excluding hydrogens is 580 g/mol. The lowest BCUT2D eigenvalue weighted by Gasteiger charge is -2.26. The Bertz CT molecular complexity index is 1690. The molecule has 4 aromatic rings. The second kappa shape index (κ2) is 14.5. The maximum atomic E-state index is 13.8. The molecule has 13 nitrogen and oxygen atoms in total. The molecule has 4 rings (SSSR count). The molecule has 0 saturated carbocycles. The van der Waals surface area contributed by atoms with Crippen LogP contribution in [0.25, 0.3) is 21.8 Å². The SMILES string of the molecule is CC(C)CC(NC(=O)C(Cc1c[nH]c2ccccc12)NC(=O)C(N)Cc1c[nH]c2ccccc12)C(=O)NC(CC(=O)O)C(=O)O. The number of hydrogen-bond donors (Lipinski definition) is 8. The molecule has 2 aromatic carbocycles. The number of para-hydroxylation sites is 2. The molecule has 0 aliphatic carbocycles. The monoisotopic (exact) mass is 618 g/mol. The molecule has 0 bridgehead atoms. The number of carboxylic acid groups (broad SMARTS) is 2. The van der Waals surface area contributed by atoms with Gasteiger partial charge in [-0.2, -0.15) is 0 Å². The first-order chi connectivity index (χ1) is 21.4. The number of carbonyl (C=O) groups excluding carboxylic acids is 3. The van der Waals surface area contributed by atoms with Crippen LogP contribution >= 0.6 is 0 Å². The zero-order valence-electron chi connectivity index (χ0n) is 25.0. The molecule has 0 spiro atoms. The second-order valence-electron chi connectivity index (χ2n) is 11.5. The number of aromatic nitrogens is 2. The number of amides is 3. The number of benzene rings is 2. The standard InChI is InChI=1S/C32H38N6O7/c1-17(2)11-25(30(42)38-27(32(44)45)14-28(39)40)37-31(43)26(13-19-16-35-24-10-6-4-8-21(19)24)36-29(41)22(33)12-18-15-34-23-9-5-3-7-20(18)23/h3-10,15-17,22,25-27,34-35H,11-14,33H2,1-2H3,(H,36,41)(H,37,43)(H,38,42)(H,39,40)(H,44,45). The van der Waals surface area contributed by atoms with E-state index in [-0.39, 0.29) is 25.2 Å². The summed E-state index contributed by atoms with van der Waals surface area (Å²) in [5.74, 6) is -5.13. The van der Waals surface area contributed by atoms with Gasteiger partial charge in [0.05, 0.1) is 12.5 Å². The first-order valence-electron chi connectivity index (χ1n) is 14.6. The highest BCUT2D eigenvalue weighted by Gasteiger charge is 2.32. The van der Waals surface area contributed by atoms with Crippen molar-refractivity contribution in [3.63, 3.8) is 0 Å². The summed E-state index contributed by atoms with van der Waals surface area (Å²) in [6.45, 7) is 3.63. The summed E-state index contributed by atoms with van der Waals surface area (Å²) in [5.41, 5.74) is 9.64. The van der Waals surface area contributed by atoms with Crippen LogP contribution in [-0.2, 0) is 36.8 Å². The summed E-state index contributed by atoms with van der Waals surface area (Å²) in [6, 6.07) is 10.0. The highest BCUT2D eigenvalue weighted by atomic mass is 16.4. The lowest BCUT2D eigenvalue weighted by atomic mass is 9.99. The Morgan fingerprint density at radius 2 is 1.20 bits per heavy atom. The molecule has 4 unspecified atom stereocenters. The summed E-state index contributed by atoms with van der Waals surface area (Å²) in [7, 11) is 0. The molecule has 0 radical (unpaired) electrons. The van der Waals surface area contributed by atoms with Gasteiger partial charge >= 0.3 is 11.9 Å². The van der Waals surface area contributed by atoms with Gasteiger partial charge in [0.25, 0.3) is 0 Å². The highest BCUT2D eigenvalue weighted by Crippen LogP contribution is 2.21. The molecule has 0 aliphatic heterocycles. The predicted molar refractivity (Wildman–Crippen MR) is 167 cm³/mol. The molecule has 0 fully saturated rings. The average molecular weight is 619 g/mol. The van der Waals surface area contributed by atoms with Gasteiger partial charge in [0.15, 0.2) is 0 Å². The Labute approximate surface area is 258 Å². The van der Waals surface area contributed by atoms with Gasteiger partial charge in [-0.1, -0.05) is 50.2 Å². The van der Waals surface area contributed by atoms with Crippen LogP contribution in [0.3, 0.4) is 0 Å². The number of nitrogens with one attached hydrogen (secondary N) is 5. The molecule has 4 atom stereocenters. The molecule has 3 amide bonds. The van der Waals surface area contributed by atoms with Crippen molar-refractivity contribution in [3.8, 4) is 0 Å². The lowest BCUT2D eigenvalue weighted by molar-refractivity contribution is -0.147. The van der Waals surface area contributed by atoms with Crippen LogP contribution in [0.15, 0.2) is 60.9 Å². The third kappa shape index (κ3) is 8.48. The molecule has 9 N–H and O–H groups in total. The van der Waals surface area contributed by atoms with E-state index < -0.39 is 60.2 Å². The molecule has 238 valence electrons. The number of fused-ring (bicyclic) bond motifs is 2. The van der Waals surface area contributed by atoms with E-state index in [9.17, 15) is 29.1 Å². The molecule has 0 aliphatic rings. The summed E-state index contributed by atoms with van der Waals surface area (Å²) >= 11 is 0. The molecule has 13 heteroatoms. The van der Waals surface area contributed by atoms with E-state index in [4.69, 9.17) is 10.8 Å². The van der Waals surface area contributed by atoms with Gasteiger partial charge in [0.2, 0.25) is 17.7 Å². The van der Waals surface area contributed by atoms with Gasteiger partial charge in [-0.25, -0.2) is 4.79 Å². The van der Waals surface area contributed by atoms with E-state index in [1.165, 1.54) is 0 Å². The number of rotatable bonds is 15. The van der Waals surface area contributed by atoms with E-state index >= 15 is 0 Å². The van der Waals surface area contributed by atoms with Crippen molar-refractivity contribution < 1.29 is 34.2 Å². The first kappa shape index (κ1) is 32.7. The fourth-order valence-corrected chi connectivity index (χ4v) is 5.26. The Balaban J connectivity index is 1.55. The van der Waals surface area contributed by atoms with Crippen molar-refractivity contribution in [3.05, 3.63) is 72.1 Å². The van der Waals surface area contributed by atoms with E-state index in [0.717, 1.165) is 32.9 Å². The van der Waals surface area contributed by atoms with Crippen LogP contribution < -0.4 is 21.7 Å². The fraction of sp³-hybridized carbons (Fsp3) is 0.344. The zero-order valence-corrected chi connectivity index (χ0v) is 25.0. The van der Waals surface area contributed by atoms with E-state index in [0.29, 0.717) is 0 Å². The molecule has 2 heterocycles.